The van der Waals surface area contributed by atoms with Gasteiger partial charge in [-0.3, -0.25) is 14.9 Å². The molecule has 1 heterocycles. The van der Waals surface area contributed by atoms with E-state index in [2.05, 4.69) is 26.3 Å². The lowest BCUT2D eigenvalue weighted by atomic mass is 10.2. The summed E-state index contributed by atoms with van der Waals surface area (Å²) in [5.74, 6) is 0. The van der Waals surface area contributed by atoms with Crippen LogP contribution in [-0.4, -0.2) is 14.7 Å². The van der Waals surface area contributed by atoms with Gasteiger partial charge in [0.05, 0.1) is 16.8 Å². The summed E-state index contributed by atoms with van der Waals surface area (Å²) in [5.41, 5.74) is 1.30. The summed E-state index contributed by atoms with van der Waals surface area (Å²) in [6.07, 6.45) is 1.57. The zero-order valence-electron chi connectivity index (χ0n) is 11.2. The van der Waals surface area contributed by atoms with Gasteiger partial charge in [0.15, 0.2) is 0 Å². The molecule has 0 atom stereocenters. The second kappa shape index (κ2) is 6.49. The molecule has 0 unspecified atom stereocenters. The van der Waals surface area contributed by atoms with E-state index in [4.69, 9.17) is 0 Å². The fraction of sp³-hybridized carbons (Fsp3) is 0.231. The summed E-state index contributed by atoms with van der Waals surface area (Å²) in [5, 5.41) is 17.7. The van der Waals surface area contributed by atoms with E-state index in [1.165, 1.54) is 16.8 Å². The zero-order valence-corrected chi connectivity index (χ0v) is 12.8. The molecule has 0 amide bonds. The smallest absolute Gasteiger partial charge is 0.283 e. The molecule has 0 aliphatic rings. The van der Waals surface area contributed by atoms with E-state index in [0.717, 1.165) is 5.56 Å². The molecule has 110 valence electrons. The van der Waals surface area contributed by atoms with Gasteiger partial charge in [0.25, 0.3) is 11.2 Å². The molecule has 0 aliphatic carbocycles. The van der Waals surface area contributed by atoms with Crippen molar-refractivity contribution in [3.05, 3.63) is 61.0 Å². The van der Waals surface area contributed by atoms with Gasteiger partial charge in [-0.1, -0.05) is 12.1 Å². The number of hydrogen-bond acceptors (Lipinski definition) is 5. The third-order valence-electron chi connectivity index (χ3n) is 2.91. The fourth-order valence-corrected chi connectivity index (χ4v) is 2.19. The highest BCUT2D eigenvalue weighted by molar-refractivity contribution is 9.10. The van der Waals surface area contributed by atoms with Gasteiger partial charge in [0.2, 0.25) is 0 Å². The van der Waals surface area contributed by atoms with E-state index < -0.39 is 4.92 Å². The van der Waals surface area contributed by atoms with Crippen LogP contribution in [-0.2, 0) is 13.1 Å². The summed E-state index contributed by atoms with van der Waals surface area (Å²) in [6.45, 7) is 2.78. The Morgan fingerprint density at radius 3 is 2.62 bits per heavy atom. The SMILES string of the molecule is CCn1ncc(NCc2ccc([N+](=O)[O-])cc2)c(Br)c1=O. The quantitative estimate of drug-likeness (QED) is 0.659. The minimum atomic E-state index is -0.442. The molecule has 2 aromatic rings. The van der Waals surface area contributed by atoms with Crippen molar-refractivity contribution in [3.8, 4) is 0 Å². The number of nitrogens with one attached hydrogen (secondary N) is 1. The summed E-state index contributed by atoms with van der Waals surface area (Å²) in [6, 6.07) is 6.22. The Balaban J connectivity index is 2.11. The average Bonchev–Trinajstić information content (AvgIpc) is 2.49. The number of benzene rings is 1. The van der Waals surface area contributed by atoms with Crippen LogP contribution < -0.4 is 10.9 Å². The van der Waals surface area contributed by atoms with Crippen molar-refractivity contribution in [1.82, 2.24) is 9.78 Å². The first-order chi connectivity index (χ1) is 10.0. The van der Waals surface area contributed by atoms with Crippen LogP contribution in [0.1, 0.15) is 12.5 Å². The van der Waals surface area contributed by atoms with Crippen molar-refractivity contribution in [2.45, 2.75) is 20.0 Å². The maximum Gasteiger partial charge on any atom is 0.283 e. The van der Waals surface area contributed by atoms with Crippen molar-refractivity contribution in [2.24, 2.45) is 0 Å². The standard InChI is InChI=1S/C13H13BrN4O3/c1-2-17-13(19)12(14)11(8-16-17)15-7-9-3-5-10(6-4-9)18(20)21/h3-6,8,15H,2,7H2,1H3. The molecule has 2 rings (SSSR count). The minimum absolute atomic E-state index is 0.0483. The van der Waals surface area contributed by atoms with E-state index in [-0.39, 0.29) is 11.2 Å². The maximum atomic E-state index is 11.9. The summed E-state index contributed by atoms with van der Waals surface area (Å²) >= 11 is 3.25. The number of anilines is 1. The lowest BCUT2D eigenvalue weighted by Crippen LogP contribution is -2.23. The van der Waals surface area contributed by atoms with Crippen molar-refractivity contribution < 1.29 is 4.92 Å². The lowest BCUT2D eigenvalue weighted by Gasteiger charge is -2.09. The first-order valence-corrected chi connectivity index (χ1v) is 7.05. The van der Waals surface area contributed by atoms with Crippen molar-refractivity contribution in [3.63, 3.8) is 0 Å². The van der Waals surface area contributed by atoms with Crippen LogP contribution in [0.2, 0.25) is 0 Å². The van der Waals surface area contributed by atoms with Gasteiger partial charge in [-0.2, -0.15) is 5.10 Å². The topological polar surface area (TPSA) is 90.1 Å². The van der Waals surface area contributed by atoms with E-state index >= 15 is 0 Å². The Kier molecular flexibility index (Phi) is 4.69. The number of hydrogen-bond donors (Lipinski definition) is 1. The summed E-state index contributed by atoms with van der Waals surface area (Å²) in [4.78, 5) is 22.0. The Bertz CT molecular complexity index is 712. The highest BCUT2D eigenvalue weighted by Crippen LogP contribution is 2.18. The van der Waals surface area contributed by atoms with Gasteiger partial charge in [-0.25, -0.2) is 4.68 Å². The van der Waals surface area contributed by atoms with E-state index in [1.54, 1.807) is 18.3 Å². The molecule has 0 saturated heterocycles. The van der Waals surface area contributed by atoms with Gasteiger partial charge in [-0.15, -0.1) is 0 Å². The molecule has 0 saturated carbocycles. The maximum absolute atomic E-state index is 11.9. The van der Waals surface area contributed by atoms with Crippen LogP contribution in [0, 0.1) is 10.1 Å². The lowest BCUT2D eigenvalue weighted by molar-refractivity contribution is -0.384. The Hall–Kier alpha value is -2.22. The molecule has 0 fully saturated rings. The highest BCUT2D eigenvalue weighted by Gasteiger charge is 2.08. The number of aromatic nitrogens is 2. The second-order valence-corrected chi connectivity index (χ2v) is 5.06. The van der Waals surface area contributed by atoms with Crippen LogP contribution >= 0.6 is 15.9 Å². The van der Waals surface area contributed by atoms with Crippen LogP contribution in [0.25, 0.3) is 0 Å². The average molecular weight is 353 g/mol. The second-order valence-electron chi connectivity index (χ2n) is 4.27. The van der Waals surface area contributed by atoms with Crippen LogP contribution in [0.3, 0.4) is 0 Å². The van der Waals surface area contributed by atoms with Gasteiger partial charge >= 0.3 is 0 Å². The van der Waals surface area contributed by atoms with E-state index in [9.17, 15) is 14.9 Å². The van der Waals surface area contributed by atoms with E-state index in [1.807, 2.05) is 6.92 Å². The number of aryl methyl sites for hydroxylation is 1. The summed E-state index contributed by atoms with van der Waals surface area (Å²) < 4.78 is 1.77. The first-order valence-electron chi connectivity index (χ1n) is 6.25. The Morgan fingerprint density at radius 2 is 2.05 bits per heavy atom. The third kappa shape index (κ3) is 3.46. The van der Waals surface area contributed by atoms with Crippen molar-refractivity contribution in [2.75, 3.05) is 5.32 Å². The third-order valence-corrected chi connectivity index (χ3v) is 3.68. The van der Waals surface area contributed by atoms with Crippen LogP contribution in [0.15, 0.2) is 39.7 Å². The monoisotopic (exact) mass is 352 g/mol. The molecule has 8 heteroatoms. The van der Waals surface area contributed by atoms with Crippen LogP contribution in [0.4, 0.5) is 11.4 Å². The molecule has 1 aromatic carbocycles. The van der Waals surface area contributed by atoms with Gasteiger partial charge in [-0.05, 0) is 28.4 Å². The molecule has 1 aromatic heterocycles. The number of nitrogens with zero attached hydrogens (tertiary/aromatic N) is 3. The number of nitro groups is 1. The van der Waals surface area contributed by atoms with Crippen molar-refractivity contribution >= 4 is 27.3 Å². The number of non-ortho nitro benzene ring substituents is 1. The predicted octanol–water partition coefficient (Wildman–Crippen LogP) is 2.55. The van der Waals surface area contributed by atoms with Gasteiger partial charge < -0.3 is 5.32 Å². The number of halogens is 1. The van der Waals surface area contributed by atoms with E-state index in [0.29, 0.717) is 23.2 Å². The molecular weight excluding hydrogens is 340 g/mol. The van der Waals surface area contributed by atoms with Crippen LogP contribution in [0.5, 0.6) is 0 Å². The molecule has 0 radical (unpaired) electrons. The van der Waals surface area contributed by atoms with Crippen molar-refractivity contribution in [1.29, 1.82) is 0 Å². The first kappa shape index (κ1) is 15.2. The largest absolute Gasteiger partial charge is 0.379 e. The molecule has 21 heavy (non-hydrogen) atoms. The van der Waals surface area contributed by atoms with Gasteiger partial charge in [0.1, 0.15) is 4.47 Å². The number of nitro benzene ring substituents is 1. The Labute approximate surface area is 128 Å². The summed E-state index contributed by atoms with van der Waals surface area (Å²) in [7, 11) is 0. The minimum Gasteiger partial charge on any atom is -0.379 e. The molecule has 0 aliphatic heterocycles. The Morgan fingerprint density at radius 1 is 1.38 bits per heavy atom. The van der Waals surface area contributed by atoms with Gasteiger partial charge in [0, 0.05) is 25.2 Å². The molecule has 1 N–H and O–H groups in total. The molecular formula is C13H13BrN4O3. The normalized spacial score (nSPS) is 10.4. The predicted molar refractivity (Wildman–Crippen MR) is 82.3 cm³/mol. The highest BCUT2D eigenvalue weighted by atomic mass is 79.9. The number of rotatable bonds is 5. The molecule has 7 nitrogen and oxygen atoms in total. The zero-order chi connectivity index (χ0) is 15.4. The molecule has 0 bridgehead atoms. The fourth-order valence-electron chi connectivity index (χ4n) is 1.75. The molecule has 0 spiro atoms.